The van der Waals surface area contributed by atoms with Gasteiger partial charge in [0.1, 0.15) is 0 Å². The van der Waals surface area contributed by atoms with Crippen molar-refractivity contribution in [3.8, 4) is 0 Å². The molecule has 1 N–H and O–H groups in total. The fraction of sp³-hybridized carbons (Fsp3) is 0.643. The third-order valence-corrected chi connectivity index (χ3v) is 3.75. The van der Waals surface area contributed by atoms with E-state index in [0.717, 1.165) is 19.3 Å². The average Bonchev–Trinajstić information content (AvgIpc) is 2.41. The maximum absolute atomic E-state index is 5.78. The molecule has 1 aromatic heterocycles. The van der Waals surface area contributed by atoms with Gasteiger partial charge in [0.2, 0.25) is 0 Å². The molecule has 96 valence electrons. The number of nitrogens with zero attached hydrogens (tertiary/aromatic N) is 1. The molecule has 0 aliphatic carbocycles. The highest BCUT2D eigenvalue weighted by atomic mass is 16.5. The first-order chi connectivity index (χ1) is 8.22. The van der Waals surface area contributed by atoms with E-state index in [-0.39, 0.29) is 5.60 Å². The molecule has 0 radical (unpaired) electrons. The van der Waals surface area contributed by atoms with Gasteiger partial charge in [0.25, 0.3) is 0 Å². The lowest BCUT2D eigenvalue weighted by Crippen LogP contribution is -2.51. The first-order valence-corrected chi connectivity index (χ1v) is 6.33. The second-order valence-corrected chi connectivity index (χ2v) is 4.38. The zero-order chi connectivity index (χ0) is 12.7. The van der Waals surface area contributed by atoms with E-state index in [1.807, 2.05) is 19.3 Å². The highest BCUT2D eigenvalue weighted by Crippen LogP contribution is 2.26. The van der Waals surface area contributed by atoms with Crippen LogP contribution in [0.1, 0.15) is 32.3 Å². The lowest BCUT2D eigenvalue weighted by atomic mass is 9.85. The SMILES string of the molecule is CCC(CC)(OC)C(Cc1cccnc1)NC. The van der Waals surface area contributed by atoms with Gasteiger partial charge < -0.3 is 10.1 Å². The Bertz CT molecular complexity index is 301. The lowest BCUT2D eigenvalue weighted by molar-refractivity contribution is -0.0454. The number of methoxy groups -OCH3 is 1. The van der Waals surface area contributed by atoms with Gasteiger partial charge >= 0.3 is 0 Å². The molecule has 17 heavy (non-hydrogen) atoms. The first-order valence-electron chi connectivity index (χ1n) is 6.33. The van der Waals surface area contributed by atoms with Gasteiger partial charge in [-0.15, -0.1) is 0 Å². The van der Waals surface area contributed by atoms with Crippen LogP contribution in [0.2, 0.25) is 0 Å². The summed E-state index contributed by atoms with van der Waals surface area (Å²) in [7, 11) is 3.81. The van der Waals surface area contributed by atoms with Gasteiger partial charge in [0.05, 0.1) is 5.60 Å². The molecule has 0 bridgehead atoms. The van der Waals surface area contributed by atoms with Crippen molar-refractivity contribution in [2.75, 3.05) is 14.2 Å². The van der Waals surface area contributed by atoms with Crippen LogP contribution in [0.25, 0.3) is 0 Å². The molecule has 0 aliphatic rings. The second kappa shape index (κ2) is 6.72. The zero-order valence-electron chi connectivity index (χ0n) is 11.4. The van der Waals surface area contributed by atoms with Gasteiger partial charge in [0.15, 0.2) is 0 Å². The first kappa shape index (κ1) is 14.1. The summed E-state index contributed by atoms with van der Waals surface area (Å²) < 4.78 is 5.78. The minimum absolute atomic E-state index is 0.0927. The Kier molecular flexibility index (Phi) is 5.59. The average molecular weight is 236 g/mol. The molecule has 1 atom stereocenters. The number of rotatable bonds is 7. The number of aromatic nitrogens is 1. The van der Waals surface area contributed by atoms with Gasteiger partial charge in [-0.3, -0.25) is 4.98 Å². The van der Waals surface area contributed by atoms with Crippen molar-refractivity contribution < 1.29 is 4.74 Å². The molecule has 3 nitrogen and oxygen atoms in total. The topological polar surface area (TPSA) is 34.1 Å². The zero-order valence-corrected chi connectivity index (χ0v) is 11.4. The van der Waals surface area contributed by atoms with Crippen molar-refractivity contribution >= 4 is 0 Å². The fourth-order valence-electron chi connectivity index (χ4n) is 2.48. The second-order valence-electron chi connectivity index (χ2n) is 4.38. The predicted octanol–water partition coefficient (Wildman–Crippen LogP) is 2.42. The lowest BCUT2D eigenvalue weighted by Gasteiger charge is -2.38. The summed E-state index contributed by atoms with van der Waals surface area (Å²) in [5, 5.41) is 3.39. The van der Waals surface area contributed by atoms with Crippen LogP contribution >= 0.6 is 0 Å². The normalized spacial score (nSPS) is 13.6. The summed E-state index contributed by atoms with van der Waals surface area (Å²) in [4.78, 5) is 4.16. The van der Waals surface area contributed by atoms with E-state index < -0.39 is 0 Å². The molecular formula is C14H24N2O. The number of nitrogens with one attached hydrogen (secondary N) is 1. The van der Waals surface area contributed by atoms with Crippen LogP contribution in [0.4, 0.5) is 0 Å². The number of hydrogen-bond donors (Lipinski definition) is 1. The van der Waals surface area contributed by atoms with Crippen LogP contribution < -0.4 is 5.32 Å². The molecule has 1 heterocycles. The standard InChI is InChI=1S/C14H24N2O/c1-5-14(6-2,17-4)13(15-3)10-12-8-7-9-16-11-12/h7-9,11,13,15H,5-6,10H2,1-4H3. The molecule has 1 aromatic rings. The van der Waals surface area contributed by atoms with Gasteiger partial charge in [-0.25, -0.2) is 0 Å². The molecule has 1 unspecified atom stereocenters. The number of hydrogen-bond acceptors (Lipinski definition) is 3. The minimum Gasteiger partial charge on any atom is -0.377 e. The Hall–Kier alpha value is -0.930. The summed E-state index contributed by atoms with van der Waals surface area (Å²) in [6.07, 6.45) is 6.69. The molecule has 0 spiro atoms. The molecule has 0 saturated carbocycles. The summed E-state index contributed by atoms with van der Waals surface area (Å²) in [5.41, 5.74) is 1.15. The Balaban J connectivity index is 2.83. The van der Waals surface area contributed by atoms with Crippen LogP contribution in [0, 0.1) is 0 Å². The van der Waals surface area contributed by atoms with Gasteiger partial charge in [-0.05, 0) is 37.9 Å². The van der Waals surface area contributed by atoms with Gasteiger partial charge in [-0.1, -0.05) is 19.9 Å². The van der Waals surface area contributed by atoms with E-state index in [2.05, 4.69) is 30.2 Å². The highest BCUT2D eigenvalue weighted by Gasteiger charge is 2.34. The molecule has 0 fully saturated rings. The monoisotopic (exact) mass is 236 g/mol. The third-order valence-electron chi connectivity index (χ3n) is 3.75. The van der Waals surface area contributed by atoms with Crippen LogP contribution in [-0.2, 0) is 11.2 Å². The summed E-state index contributed by atoms with van der Waals surface area (Å²) >= 11 is 0. The Labute approximate surface area is 105 Å². The fourth-order valence-corrected chi connectivity index (χ4v) is 2.48. The van der Waals surface area contributed by atoms with Crippen LogP contribution in [0.15, 0.2) is 24.5 Å². The van der Waals surface area contributed by atoms with Crippen molar-refractivity contribution in [2.45, 2.75) is 44.8 Å². The van der Waals surface area contributed by atoms with Crippen molar-refractivity contribution in [3.05, 3.63) is 30.1 Å². The predicted molar refractivity (Wildman–Crippen MR) is 71.1 cm³/mol. The van der Waals surface area contributed by atoms with Crippen LogP contribution in [0.3, 0.4) is 0 Å². The number of ether oxygens (including phenoxy) is 1. The van der Waals surface area contributed by atoms with E-state index in [1.165, 1.54) is 5.56 Å². The van der Waals surface area contributed by atoms with E-state index in [9.17, 15) is 0 Å². The van der Waals surface area contributed by atoms with Crippen molar-refractivity contribution in [3.63, 3.8) is 0 Å². The molecule has 0 amide bonds. The van der Waals surface area contributed by atoms with Crippen molar-refractivity contribution in [2.24, 2.45) is 0 Å². The Morgan fingerprint density at radius 2 is 2.12 bits per heavy atom. The molecule has 3 heteroatoms. The third kappa shape index (κ3) is 3.27. The maximum atomic E-state index is 5.78. The van der Waals surface area contributed by atoms with E-state index in [1.54, 1.807) is 13.3 Å². The van der Waals surface area contributed by atoms with Gasteiger partial charge in [0, 0.05) is 25.5 Å². The van der Waals surface area contributed by atoms with Crippen LogP contribution in [-0.4, -0.2) is 30.8 Å². The molecule has 1 rings (SSSR count). The summed E-state index contributed by atoms with van der Waals surface area (Å²) in [6.45, 7) is 4.36. The molecule has 0 aliphatic heterocycles. The van der Waals surface area contributed by atoms with Crippen molar-refractivity contribution in [1.29, 1.82) is 0 Å². The molecule has 0 saturated heterocycles. The van der Waals surface area contributed by atoms with Gasteiger partial charge in [-0.2, -0.15) is 0 Å². The Morgan fingerprint density at radius 3 is 2.53 bits per heavy atom. The minimum atomic E-state index is -0.0927. The quantitative estimate of drug-likeness (QED) is 0.789. The van der Waals surface area contributed by atoms with E-state index in [0.29, 0.717) is 6.04 Å². The molecular weight excluding hydrogens is 212 g/mol. The van der Waals surface area contributed by atoms with Crippen molar-refractivity contribution in [1.82, 2.24) is 10.3 Å². The number of likely N-dealkylation sites (N-methyl/N-ethyl adjacent to an activating group) is 1. The van der Waals surface area contributed by atoms with E-state index >= 15 is 0 Å². The smallest absolute Gasteiger partial charge is 0.0828 e. The largest absolute Gasteiger partial charge is 0.377 e. The Morgan fingerprint density at radius 1 is 1.41 bits per heavy atom. The van der Waals surface area contributed by atoms with E-state index in [4.69, 9.17) is 4.74 Å². The summed E-state index contributed by atoms with van der Waals surface area (Å²) in [5.74, 6) is 0. The maximum Gasteiger partial charge on any atom is 0.0828 e. The highest BCUT2D eigenvalue weighted by molar-refractivity contribution is 5.12. The number of pyridine rings is 1. The van der Waals surface area contributed by atoms with Crippen LogP contribution in [0.5, 0.6) is 0 Å². The summed E-state index contributed by atoms with van der Waals surface area (Å²) in [6, 6.07) is 4.41. The molecule has 0 aromatic carbocycles.